The number of hydrogen-bond donors (Lipinski definition) is 1. The van der Waals surface area contributed by atoms with E-state index in [0.717, 1.165) is 39.0 Å². The van der Waals surface area contributed by atoms with Gasteiger partial charge in [0.05, 0.1) is 16.8 Å². The van der Waals surface area contributed by atoms with Crippen molar-refractivity contribution in [2.75, 3.05) is 5.75 Å². The van der Waals surface area contributed by atoms with Crippen LogP contribution >= 0.6 is 11.8 Å². The first-order chi connectivity index (χ1) is 17.5. The fraction of sp³-hybridized carbons (Fsp3) is 0.214. The van der Waals surface area contributed by atoms with Crippen LogP contribution in [0, 0.1) is 6.92 Å². The number of fused-ring (bicyclic) bond motifs is 1. The van der Waals surface area contributed by atoms with Crippen LogP contribution in [-0.2, 0) is 18.4 Å². The third-order valence-electron chi connectivity index (χ3n) is 6.16. The van der Waals surface area contributed by atoms with Crippen LogP contribution in [0.25, 0.3) is 22.4 Å². The Bertz CT molecular complexity index is 1510. The standard InChI is InChI=1S/C28H28N6OS/c1-4-34-26(21-14-10-11-19(2)17-21)31-32-28(34)36-18-24(35)30-25(20-12-6-5-7-13-20)27-29-22-15-8-9-16-23(22)33(27)3/h5-17,25H,4,18H2,1-3H3,(H,30,35). The predicted octanol–water partition coefficient (Wildman–Crippen LogP) is 5.16. The number of nitrogens with zero attached hydrogens (tertiary/aromatic N) is 5. The second-order valence-electron chi connectivity index (χ2n) is 8.64. The van der Waals surface area contributed by atoms with Gasteiger partial charge in [-0.1, -0.05) is 78.0 Å². The van der Waals surface area contributed by atoms with Gasteiger partial charge < -0.3 is 14.5 Å². The zero-order chi connectivity index (χ0) is 25.1. The molecule has 2 aromatic heterocycles. The first-order valence-corrected chi connectivity index (χ1v) is 12.9. The van der Waals surface area contributed by atoms with Crippen molar-refractivity contribution in [1.29, 1.82) is 0 Å². The number of aromatic nitrogens is 5. The molecular weight excluding hydrogens is 468 g/mol. The highest BCUT2D eigenvalue weighted by atomic mass is 32.2. The van der Waals surface area contributed by atoms with E-state index in [4.69, 9.17) is 4.98 Å². The molecule has 0 saturated heterocycles. The summed E-state index contributed by atoms with van der Waals surface area (Å²) in [5.74, 6) is 1.73. The lowest BCUT2D eigenvalue weighted by Crippen LogP contribution is -2.32. The van der Waals surface area contributed by atoms with Crippen LogP contribution in [0.1, 0.15) is 29.9 Å². The fourth-order valence-electron chi connectivity index (χ4n) is 4.38. The van der Waals surface area contributed by atoms with E-state index < -0.39 is 0 Å². The second kappa shape index (κ2) is 10.4. The Morgan fingerprint density at radius 1 is 1.00 bits per heavy atom. The number of nitrogens with one attached hydrogen (secondary N) is 1. The van der Waals surface area contributed by atoms with Crippen molar-refractivity contribution in [2.24, 2.45) is 7.05 Å². The summed E-state index contributed by atoms with van der Waals surface area (Å²) in [5.41, 5.74) is 5.09. The van der Waals surface area contributed by atoms with Crippen molar-refractivity contribution in [2.45, 2.75) is 31.6 Å². The second-order valence-corrected chi connectivity index (χ2v) is 9.58. The van der Waals surface area contributed by atoms with Gasteiger partial charge in [0.2, 0.25) is 5.91 Å². The Balaban J connectivity index is 1.37. The van der Waals surface area contributed by atoms with Gasteiger partial charge >= 0.3 is 0 Å². The quantitative estimate of drug-likeness (QED) is 0.300. The highest BCUT2D eigenvalue weighted by molar-refractivity contribution is 7.99. The summed E-state index contributed by atoms with van der Waals surface area (Å²) in [6.07, 6.45) is 0. The molecule has 0 aliphatic rings. The molecule has 2 heterocycles. The van der Waals surface area contributed by atoms with Gasteiger partial charge in [-0.25, -0.2) is 4.98 Å². The fourth-order valence-corrected chi connectivity index (χ4v) is 5.19. The normalized spacial score (nSPS) is 12.1. The van der Waals surface area contributed by atoms with Gasteiger partial charge in [-0.05, 0) is 37.6 Å². The third kappa shape index (κ3) is 4.77. The van der Waals surface area contributed by atoms with Crippen molar-refractivity contribution in [3.05, 3.63) is 95.8 Å². The van der Waals surface area contributed by atoms with Crippen molar-refractivity contribution in [1.82, 2.24) is 29.6 Å². The summed E-state index contributed by atoms with van der Waals surface area (Å²) >= 11 is 1.39. The molecule has 0 radical (unpaired) electrons. The molecule has 5 rings (SSSR count). The largest absolute Gasteiger partial charge is 0.341 e. The summed E-state index contributed by atoms with van der Waals surface area (Å²) in [4.78, 5) is 18.0. The van der Waals surface area contributed by atoms with Crippen molar-refractivity contribution < 1.29 is 4.79 Å². The number of amides is 1. The van der Waals surface area contributed by atoms with E-state index in [-0.39, 0.29) is 17.7 Å². The topological polar surface area (TPSA) is 77.6 Å². The molecule has 0 aliphatic heterocycles. The minimum Gasteiger partial charge on any atom is -0.341 e. The lowest BCUT2D eigenvalue weighted by Gasteiger charge is -2.19. The zero-order valence-corrected chi connectivity index (χ0v) is 21.4. The highest BCUT2D eigenvalue weighted by Crippen LogP contribution is 2.27. The number of aryl methyl sites for hydroxylation is 2. The number of rotatable bonds is 8. The van der Waals surface area contributed by atoms with Gasteiger partial charge in [0.1, 0.15) is 11.9 Å². The maximum Gasteiger partial charge on any atom is 0.231 e. The van der Waals surface area contributed by atoms with Gasteiger partial charge in [-0.3, -0.25) is 4.79 Å². The number of para-hydroxylation sites is 2. The summed E-state index contributed by atoms with van der Waals surface area (Å²) < 4.78 is 4.09. The number of thioether (sulfide) groups is 1. The number of imidazole rings is 1. The average Bonchev–Trinajstić information content (AvgIpc) is 3.47. The molecule has 1 amide bonds. The van der Waals surface area contributed by atoms with E-state index in [1.54, 1.807) is 0 Å². The molecule has 0 bridgehead atoms. The molecule has 1 atom stereocenters. The van der Waals surface area contributed by atoms with E-state index >= 15 is 0 Å². The third-order valence-corrected chi connectivity index (χ3v) is 7.13. The maximum absolute atomic E-state index is 13.2. The first kappa shape index (κ1) is 23.8. The molecular formula is C28H28N6OS. The van der Waals surface area contributed by atoms with Crippen molar-refractivity contribution >= 4 is 28.7 Å². The molecule has 36 heavy (non-hydrogen) atoms. The molecule has 1 N–H and O–H groups in total. The molecule has 5 aromatic rings. The van der Waals surface area contributed by atoms with E-state index in [1.807, 2.05) is 82.9 Å². The first-order valence-electron chi connectivity index (χ1n) is 11.9. The smallest absolute Gasteiger partial charge is 0.231 e. The van der Waals surface area contributed by atoms with Crippen LogP contribution in [-0.4, -0.2) is 36.0 Å². The number of carbonyl (C=O) groups excluding carboxylic acids is 1. The van der Waals surface area contributed by atoms with Gasteiger partial charge in [0, 0.05) is 19.2 Å². The summed E-state index contributed by atoms with van der Waals surface area (Å²) in [5, 5.41) is 12.7. The lowest BCUT2D eigenvalue weighted by molar-refractivity contribution is -0.119. The van der Waals surface area contributed by atoms with Crippen molar-refractivity contribution in [3.8, 4) is 11.4 Å². The van der Waals surface area contributed by atoms with Gasteiger partial charge in [-0.15, -0.1) is 10.2 Å². The SMILES string of the molecule is CCn1c(SCC(=O)NC(c2ccccc2)c2nc3ccccc3n2C)nnc1-c1cccc(C)c1. The van der Waals surface area contributed by atoms with Crippen molar-refractivity contribution in [3.63, 3.8) is 0 Å². The number of hydrogen-bond acceptors (Lipinski definition) is 5. The summed E-state index contributed by atoms with van der Waals surface area (Å²) in [6, 6.07) is 25.8. The van der Waals surface area contributed by atoms with Gasteiger partial charge in [0.15, 0.2) is 11.0 Å². The Morgan fingerprint density at radius 2 is 1.78 bits per heavy atom. The molecule has 182 valence electrons. The number of carbonyl (C=O) groups is 1. The molecule has 0 saturated carbocycles. The molecule has 0 fully saturated rings. The maximum atomic E-state index is 13.2. The minimum atomic E-state index is -0.372. The molecule has 8 heteroatoms. The highest BCUT2D eigenvalue weighted by Gasteiger charge is 2.23. The van der Waals surface area contributed by atoms with Crippen LogP contribution in [0.3, 0.4) is 0 Å². The molecule has 0 aliphatic carbocycles. The monoisotopic (exact) mass is 496 g/mol. The van der Waals surface area contributed by atoms with E-state index in [2.05, 4.69) is 41.5 Å². The zero-order valence-electron chi connectivity index (χ0n) is 20.5. The van der Waals surface area contributed by atoms with Gasteiger partial charge in [-0.2, -0.15) is 0 Å². The Hall–Kier alpha value is -3.91. The van der Waals surface area contributed by atoms with Crippen LogP contribution < -0.4 is 5.32 Å². The van der Waals surface area contributed by atoms with Crippen LogP contribution in [0.4, 0.5) is 0 Å². The van der Waals surface area contributed by atoms with Crippen LogP contribution in [0.15, 0.2) is 84.0 Å². The Morgan fingerprint density at radius 3 is 2.53 bits per heavy atom. The van der Waals surface area contributed by atoms with E-state index in [9.17, 15) is 4.79 Å². The average molecular weight is 497 g/mol. The predicted molar refractivity (Wildman–Crippen MR) is 144 cm³/mol. The van der Waals surface area contributed by atoms with Gasteiger partial charge in [0.25, 0.3) is 0 Å². The number of benzene rings is 3. The van der Waals surface area contributed by atoms with Crippen LogP contribution in [0.2, 0.25) is 0 Å². The van der Waals surface area contributed by atoms with Crippen LogP contribution in [0.5, 0.6) is 0 Å². The minimum absolute atomic E-state index is 0.0938. The molecule has 7 nitrogen and oxygen atoms in total. The Labute approximate surface area is 214 Å². The molecule has 3 aromatic carbocycles. The molecule has 1 unspecified atom stereocenters. The lowest BCUT2D eigenvalue weighted by atomic mass is 10.1. The van der Waals surface area contributed by atoms with E-state index in [1.165, 1.54) is 17.3 Å². The van der Waals surface area contributed by atoms with E-state index in [0.29, 0.717) is 6.54 Å². The molecule has 0 spiro atoms. The Kier molecular flexibility index (Phi) is 6.86. The summed E-state index contributed by atoms with van der Waals surface area (Å²) in [6.45, 7) is 4.83. The summed E-state index contributed by atoms with van der Waals surface area (Å²) in [7, 11) is 1.98.